The largest absolute Gasteiger partial charge is 0.381 e. The molecule has 3 N–H and O–H groups in total. The monoisotopic (exact) mass is 400 g/mol. The number of carbonyl (C=O) groups is 1. The van der Waals surface area contributed by atoms with Crippen LogP contribution in [-0.2, 0) is 9.53 Å². The van der Waals surface area contributed by atoms with Crippen LogP contribution in [0.5, 0.6) is 0 Å². The molecule has 1 atom stereocenters. The fourth-order valence-corrected chi connectivity index (χ4v) is 3.59. The molecular formula is C20H25FN6O2. The molecule has 2 aliphatic heterocycles. The molecule has 1 amide bonds. The second kappa shape index (κ2) is 9.23. The van der Waals surface area contributed by atoms with Gasteiger partial charge in [0.15, 0.2) is 5.82 Å². The van der Waals surface area contributed by atoms with E-state index < -0.39 is 5.82 Å². The SMILES string of the molecule is O=C(Nc1cc(-c2ccnc(NCC3CCOCC3)n2)c(F)cn1)C1CCNC1. The molecule has 154 valence electrons. The Morgan fingerprint density at radius 2 is 2.14 bits per heavy atom. The lowest BCUT2D eigenvalue weighted by Gasteiger charge is -2.22. The zero-order valence-corrected chi connectivity index (χ0v) is 16.2. The standard InChI is InChI=1S/C20H25FN6O2/c21-16-12-24-18(27-19(28)14-1-5-22-11-14)9-15(16)17-2-6-23-20(26-17)25-10-13-3-7-29-8-4-13/h2,6,9,12-14,22H,1,3-5,7-8,10-11H2,(H,23,25,26)(H,24,27,28). The highest BCUT2D eigenvalue weighted by atomic mass is 19.1. The number of carbonyl (C=O) groups excluding carboxylic acids is 1. The number of nitrogens with zero attached hydrogens (tertiary/aromatic N) is 3. The molecule has 1 unspecified atom stereocenters. The van der Waals surface area contributed by atoms with Crippen molar-refractivity contribution in [1.82, 2.24) is 20.3 Å². The first-order chi connectivity index (χ1) is 14.2. The number of hydrogen-bond acceptors (Lipinski definition) is 7. The summed E-state index contributed by atoms with van der Waals surface area (Å²) in [4.78, 5) is 25.0. The third kappa shape index (κ3) is 5.04. The summed E-state index contributed by atoms with van der Waals surface area (Å²) in [5, 5.41) is 9.17. The molecule has 0 aliphatic carbocycles. The molecule has 4 heterocycles. The van der Waals surface area contributed by atoms with Crippen molar-refractivity contribution in [2.75, 3.05) is 43.5 Å². The molecule has 8 nitrogen and oxygen atoms in total. The van der Waals surface area contributed by atoms with E-state index in [1.807, 2.05) is 0 Å². The van der Waals surface area contributed by atoms with Crippen LogP contribution in [0.25, 0.3) is 11.3 Å². The molecule has 2 aliphatic rings. The van der Waals surface area contributed by atoms with Gasteiger partial charge in [0.05, 0.1) is 17.8 Å². The number of ether oxygens (including phenoxy) is 1. The van der Waals surface area contributed by atoms with E-state index in [0.29, 0.717) is 29.9 Å². The van der Waals surface area contributed by atoms with Crippen molar-refractivity contribution in [2.45, 2.75) is 19.3 Å². The molecule has 0 saturated carbocycles. The van der Waals surface area contributed by atoms with Gasteiger partial charge in [-0.25, -0.2) is 19.3 Å². The van der Waals surface area contributed by atoms with Gasteiger partial charge in [-0.3, -0.25) is 4.79 Å². The highest BCUT2D eigenvalue weighted by Gasteiger charge is 2.23. The van der Waals surface area contributed by atoms with E-state index in [2.05, 4.69) is 30.9 Å². The zero-order valence-electron chi connectivity index (χ0n) is 16.2. The van der Waals surface area contributed by atoms with Crippen molar-refractivity contribution in [3.8, 4) is 11.3 Å². The van der Waals surface area contributed by atoms with Crippen molar-refractivity contribution < 1.29 is 13.9 Å². The van der Waals surface area contributed by atoms with E-state index in [9.17, 15) is 9.18 Å². The maximum atomic E-state index is 14.4. The second-order valence-corrected chi connectivity index (χ2v) is 7.43. The fourth-order valence-electron chi connectivity index (χ4n) is 3.59. The van der Waals surface area contributed by atoms with Crippen LogP contribution in [0.15, 0.2) is 24.5 Å². The van der Waals surface area contributed by atoms with Gasteiger partial charge in [0.1, 0.15) is 5.82 Å². The lowest BCUT2D eigenvalue weighted by molar-refractivity contribution is -0.119. The van der Waals surface area contributed by atoms with E-state index in [0.717, 1.165) is 51.8 Å². The van der Waals surface area contributed by atoms with Gasteiger partial charge in [0.25, 0.3) is 0 Å². The van der Waals surface area contributed by atoms with Gasteiger partial charge in [0.2, 0.25) is 11.9 Å². The number of anilines is 2. The molecule has 0 bridgehead atoms. The topological polar surface area (TPSA) is 101 Å². The maximum absolute atomic E-state index is 14.4. The quantitative estimate of drug-likeness (QED) is 0.682. The van der Waals surface area contributed by atoms with Crippen LogP contribution in [0.1, 0.15) is 19.3 Å². The van der Waals surface area contributed by atoms with E-state index in [-0.39, 0.29) is 17.4 Å². The minimum absolute atomic E-state index is 0.0923. The van der Waals surface area contributed by atoms with Crippen LogP contribution in [0.2, 0.25) is 0 Å². The van der Waals surface area contributed by atoms with Crippen LogP contribution in [-0.4, -0.2) is 53.7 Å². The number of amides is 1. The Labute approximate surface area is 168 Å². The molecule has 9 heteroatoms. The third-order valence-electron chi connectivity index (χ3n) is 5.36. The van der Waals surface area contributed by atoms with E-state index in [1.54, 1.807) is 12.3 Å². The molecule has 2 saturated heterocycles. The van der Waals surface area contributed by atoms with Crippen LogP contribution in [0.3, 0.4) is 0 Å². The normalized spacial score (nSPS) is 19.8. The summed E-state index contributed by atoms with van der Waals surface area (Å²) in [5.74, 6) is 0.577. The van der Waals surface area contributed by atoms with Gasteiger partial charge >= 0.3 is 0 Å². The zero-order chi connectivity index (χ0) is 20.1. The summed E-state index contributed by atoms with van der Waals surface area (Å²) in [6, 6.07) is 3.16. The number of nitrogens with one attached hydrogen (secondary N) is 3. The van der Waals surface area contributed by atoms with Crippen molar-refractivity contribution in [1.29, 1.82) is 0 Å². The maximum Gasteiger partial charge on any atom is 0.229 e. The summed E-state index contributed by atoms with van der Waals surface area (Å²) < 4.78 is 19.8. The van der Waals surface area contributed by atoms with Crippen LogP contribution >= 0.6 is 0 Å². The number of hydrogen-bond donors (Lipinski definition) is 3. The number of pyridine rings is 1. The third-order valence-corrected chi connectivity index (χ3v) is 5.36. The van der Waals surface area contributed by atoms with E-state index in [4.69, 9.17) is 4.74 Å². The molecule has 2 fully saturated rings. The van der Waals surface area contributed by atoms with Crippen LogP contribution in [0, 0.1) is 17.7 Å². The van der Waals surface area contributed by atoms with Crippen molar-refractivity contribution >= 4 is 17.7 Å². The Hall–Kier alpha value is -2.65. The highest BCUT2D eigenvalue weighted by Crippen LogP contribution is 2.24. The Morgan fingerprint density at radius 3 is 2.93 bits per heavy atom. The summed E-state index contributed by atoms with van der Waals surface area (Å²) in [6.45, 7) is 3.78. The molecule has 29 heavy (non-hydrogen) atoms. The summed E-state index contributed by atoms with van der Waals surface area (Å²) in [5.41, 5.74) is 0.712. The average molecular weight is 400 g/mol. The van der Waals surface area contributed by atoms with Crippen molar-refractivity contribution in [3.63, 3.8) is 0 Å². The molecule has 2 aromatic rings. The van der Waals surface area contributed by atoms with Gasteiger partial charge < -0.3 is 20.7 Å². The lowest BCUT2D eigenvalue weighted by Crippen LogP contribution is -2.25. The Bertz CT molecular complexity index is 853. The fraction of sp³-hybridized carbons (Fsp3) is 0.500. The average Bonchev–Trinajstić information content (AvgIpc) is 3.30. The predicted molar refractivity (Wildman–Crippen MR) is 107 cm³/mol. The Kier molecular flexibility index (Phi) is 6.26. The number of aromatic nitrogens is 3. The molecule has 2 aromatic heterocycles. The molecule has 4 rings (SSSR count). The van der Waals surface area contributed by atoms with Crippen molar-refractivity contribution in [3.05, 3.63) is 30.3 Å². The van der Waals surface area contributed by atoms with Gasteiger partial charge in [-0.1, -0.05) is 0 Å². The Balaban J connectivity index is 1.46. The number of rotatable bonds is 6. The summed E-state index contributed by atoms with van der Waals surface area (Å²) in [7, 11) is 0. The lowest BCUT2D eigenvalue weighted by atomic mass is 10.0. The van der Waals surface area contributed by atoms with Crippen molar-refractivity contribution in [2.24, 2.45) is 11.8 Å². The summed E-state index contributed by atoms with van der Waals surface area (Å²) in [6.07, 6.45) is 5.50. The first-order valence-corrected chi connectivity index (χ1v) is 10.0. The Morgan fingerprint density at radius 1 is 1.28 bits per heavy atom. The van der Waals surface area contributed by atoms with Crippen LogP contribution < -0.4 is 16.0 Å². The highest BCUT2D eigenvalue weighted by molar-refractivity contribution is 5.92. The minimum atomic E-state index is -0.500. The predicted octanol–water partition coefficient (Wildman–Crippen LogP) is 2.06. The van der Waals surface area contributed by atoms with Crippen LogP contribution in [0.4, 0.5) is 16.2 Å². The number of halogens is 1. The molecule has 0 spiro atoms. The second-order valence-electron chi connectivity index (χ2n) is 7.43. The van der Waals surface area contributed by atoms with Gasteiger partial charge in [-0.15, -0.1) is 0 Å². The molecule has 0 aromatic carbocycles. The van der Waals surface area contributed by atoms with Gasteiger partial charge in [-0.05, 0) is 43.9 Å². The smallest absolute Gasteiger partial charge is 0.229 e. The molecule has 0 radical (unpaired) electrons. The van der Waals surface area contributed by atoms with E-state index in [1.165, 1.54) is 6.07 Å². The summed E-state index contributed by atoms with van der Waals surface area (Å²) >= 11 is 0. The minimum Gasteiger partial charge on any atom is -0.381 e. The van der Waals surface area contributed by atoms with Gasteiger partial charge in [-0.2, -0.15) is 0 Å². The first kappa shape index (κ1) is 19.7. The van der Waals surface area contributed by atoms with Gasteiger partial charge in [0, 0.05) is 38.1 Å². The van der Waals surface area contributed by atoms with E-state index >= 15 is 0 Å². The first-order valence-electron chi connectivity index (χ1n) is 10.0. The molecular weight excluding hydrogens is 375 g/mol.